The summed E-state index contributed by atoms with van der Waals surface area (Å²) >= 11 is 0. The van der Waals surface area contributed by atoms with Gasteiger partial charge in [-0.1, -0.05) is 0 Å². The van der Waals surface area contributed by atoms with Crippen LogP contribution in [0.2, 0.25) is 0 Å². The zero-order valence-electron chi connectivity index (χ0n) is 14.7. The van der Waals surface area contributed by atoms with Gasteiger partial charge in [0.15, 0.2) is 5.65 Å². The van der Waals surface area contributed by atoms with Crippen LogP contribution >= 0.6 is 0 Å². The normalized spacial score (nSPS) is 16.8. The molecule has 1 amide bonds. The van der Waals surface area contributed by atoms with E-state index >= 15 is 0 Å². The number of aromatic nitrogens is 3. The molecule has 3 N–H and O–H groups in total. The molecular formula is C17H25N5O3. The molecule has 0 saturated carbocycles. The minimum absolute atomic E-state index is 0.113. The van der Waals surface area contributed by atoms with Crippen molar-refractivity contribution >= 4 is 22.6 Å². The second-order valence-corrected chi connectivity index (χ2v) is 6.33. The third-order valence-electron chi connectivity index (χ3n) is 4.43. The molecule has 1 aliphatic heterocycles. The summed E-state index contributed by atoms with van der Waals surface area (Å²) in [7, 11) is 0. The number of nitrogens with zero attached hydrogens (tertiary/aromatic N) is 3. The van der Waals surface area contributed by atoms with E-state index in [1.807, 2.05) is 11.6 Å². The second kappa shape index (κ2) is 7.79. The van der Waals surface area contributed by atoms with Gasteiger partial charge in [0.1, 0.15) is 0 Å². The van der Waals surface area contributed by atoms with E-state index in [9.17, 15) is 9.90 Å². The van der Waals surface area contributed by atoms with Crippen LogP contribution in [0, 0.1) is 0 Å². The van der Waals surface area contributed by atoms with E-state index in [1.54, 1.807) is 19.3 Å². The Kier molecular flexibility index (Phi) is 5.50. The number of carbonyl (C=O) groups excluding carboxylic acids is 1. The highest BCUT2D eigenvalue weighted by atomic mass is 16.5. The Hall–Kier alpha value is -2.19. The Bertz CT molecular complexity index is 739. The monoisotopic (exact) mass is 347 g/mol. The first-order valence-electron chi connectivity index (χ1n) is 8.74. The maximum atomic E-state index is 12.6. The number of rotatable bonds is 6. The largest absolute Gasteiger partial charge is 0.394 e. The molecule has 3 heterocycles. The summed E-state index contributed by atoms with van der Waals surface area (Å²) in [6.07, 6.45) is 5.11. The minimum Gasteiger partial charge on any atom is -0.394 e. The molecule has 0 unspecified atom stereocenters. The highest BCUT2D eigenvalue weighted by molar-refractivity contribution is 6.06. The summed E-state index contributed by atoms with van der Waals surface area (Å²) in [5.74, 6) is -0.255. The van der Waals surface area contributed by atoms with E-state index in [-0.39, 0.29) is 24.6 Å². The van der Waals surface area contributed by atoms with Crippen molar-refractivity contribution < 1.29 is 14.6 Å². The molecule has 0 bridgehead atoms. The number of hydrogen-bond acceptors (Lipinski definition) is 6. The second-order valence-electron chi connectivity index (χ2n) is 6.33. The number of pyridine rings is 1. The maximum absolute atomic E-state index is 12.6. The predicted molar refractivity (Wildman–Crippen MR) is 94.7 cm³/mol. The van der Waals surface area contributed by atoms with Crippen molar-refractivity contribution in [2.45, 2.75) is 45.3 Å². The molecule has 1 atom stereocenters. The molecule has 136 valence electrons. The molecule has 2 aromatic heterocycles. The van der Waals surface area contributed by atoms with Crippen molar-refractivity contribution in [1.29, 1.82) is 0 Å². The molecule has 8 heteroatoms. The molecule has 2 aromatic rings. The number of ether oxygens (including phenoxy) is 1. The fourth-order valence-electron chi connectivity index (χ4n) is 2.98. The van der Waals surface area contributed by atoms with Crippen LogP contribution in [-0.4, -0.2) is 57.7 Å². The number of aliphatic hydroxyl groups excluding tert-OH is 1. The third-order valence-corrected chi connectivity index (χ3v) is 4.43. The average molecular weight is 347 g/mol. The van der Waals surface area contributed by atoms with Crippen molar-refractivity contribution in [3.05, 3.63) is 18.0 Å². The van der Waals surface area contributed by atoms with Crippen molar-refractivity contribution in [3.63, 3.8) is 0 Å². The van der Waals surface area contributed by atoms with Crippen molar-refractivity contribution in [2.24, 2.45) is 0 Å². The van der Waals surface area contributed by atoms with Gasteiger partial charge < -0.3 is 20.5 Å². The minimum atomic E-state index is -0.322. The summed E-state index contributed by atoms with van der Waals surface area (Å²) in [6, 6.07) is -0.0800. The lowest BCUT2D eigenvalue weighted by molar-refractivity contribution is 0.0902. The smallest absolute Gasteiger partial charge is 0.255 e. The number of aliphatic hydroxyl groups is 1. The fourth-order valence-corrected chi connectivity index (χ4v) is 2.98. The van der Waals surface area contributed by atoms with Crippen LogP contribution in [0.15, 0.2) is 12.4 Å². The molecular weight excluding hydrogens is 322 g/mol. The summed E-state index contributed by atoms with van der Waals surface area (Å²) in [5, 5.41) is 20.7. The zero-order chi connectivity index (χ0) is 17.8. The van der Waals surface area contributed by atoms with Crippen LogP contribution in [-0.2, 0) is 11.3 Å². The topological polar surface area (TPSA) is 101 Å². The molecule has 1 aliphatic rings. The SMILES string of the molecule is CCn1ncc2c(NC3CCOCC3)c(C(=O)N[C@H](C)CO)cnc21. The number of hydrogen-bond donors (Lipinski definition) is 3. The van der Waals surface area contributed by atoms with E-state index in [0.29, 0.717) is 25.3 Å². The average Bonchev–Trinajstić information content (AvgIpc) is 3.06. The molecule has 0 aromatic carbocycles. The van der Waals surface area contributed by atoms with Crippen LogP contribution in [0.25, 0.3) is 11.0 Å². The summed E-state index contributed by atoms with van der Waals surface area (Å²) in [5.41, 5.74) is 1.97. The standard InChI is InChI=1S/C17H25N5O3/c1-3-22-16-13(9-19-22)15(21-12-4-6-25-7-5-12)14(8-18-16)17(24)20-11(2)10-23/h8-9,11-12,23H,3-7,10H2,1-2H3,(H,18,21)(H,20,24)/t11-/m1/s1. The number of aryl methyl sites for hydroxylation is 1. The molecule has 8 nitrogen and oxygen atoms in total. The Balaban J connectivity index is 1.99. The molecule has 0 spiro atoms. The lowest BCUT2D eigenvalue weighted by atomic mass is 10.1. The maximum Gasteiger partial charge on any atom is 0.255 e. The summed E-state index contributed by atoms with van der Waals surface area (Å²) < 4.78 is 7.22. The van der Waals surface area contributed by atoms with Crippen LogP contribution in [0.3, 0.4) is 0 Å². The predicted octanol–water partition coefficient (Wildman–Crippen LogP) is 1.15. The highest BCUT2D eigenvalue weighted by Gasteiger charge is 2.22. The van der Waals surface area contributed by atoms with Gasteiger partial charge in [0, 0.05) is 38.0 Å². The van der Waals surface area contributed by atoms with Crippen LogP contribution in [0.4, 0.5) is 5.69 Å². The summed E-state index contributed by atoms with van der Waals surface area (Å²) in [6.45, 7) is 5.78. The van der Waals surface area contributed by atoms with Gasteiger partial charge in [0.25, 0.3) is 5.91 Å². The lowest BCUT2D eigenvalue weighted by Gasteiger charge is -2.25. The van der Waals surface area contributed by atoms with E-state index in [4.69, 9.17) is 4.74 Å². The number of carbonyl (C=O) groups is 1. The van der Waals surface area contributed by atoms with E-state index in [1.165, 1.54) is 0 Å². The van der Waals surface area contributed by atoms with Gasteiger partial charge in [0.05, 0.1) is 29.4 Å². The molecule has 0 aliphatic carbocycles. The lowest BCUT2D eigenvalue weighted by Crippen LogP contribution is -2.36. The van der Waals surface area contributed by atoms with Crippen molar-refractivity contribution in [1.82, 2.24) is 20.1 Å². The third kappa shape index (κ3) is 3.74. The van der Waals surface area contributed by atoms with E-state index < -0.39 is 0 Å². The van der Waals surface area contributed by atoms with Crippen LogP contribution in [0.5, 0.6) is 0 Å². The molecule has 1 saturated heterocycles. The van der Waals surface area contributed by atoms with Gasteiger partial charge in [-0.15, -0.1) is 0 Å². The van der Waals surface area contributed by atoms with E-state index in [0.717, 1.165) is 29.6 Å². The highest BCUT2D eigenvalue weighted by Crippen LogP contribution is 2.28. The van der Waals surface area contributed by atoms with Gasteiger partial charge in [-0.3, -0.25) is 4.79 Å². The van der Waals surface area contributed by atoms with E-state index in [2.05, 4.69) is 20.7 Å². The van der Waals surface area contributed by atoms with Crippen molar-refractivity contribution in [2.75, 3.05) is 25.1 Å². The quantitative estimate of drug-likeness (QED) is 0.725. The summed E-state index contributed by atoms with van der Waals surface area (Å²) in [4.78, 5) is 17.1. The first-order chi connectivity index (χ1) is 12.1. The Morgan fingerprint density at radius 1 is 1.44 bits per heavy atom. The number of fused-ring (bicyclic) bond motifs is 1. The molecule has 0 radical (unpaired) electrons. The number of anilines is 1. The first kappa shape index (κ1) is 17.6. The van der Waals surface area contributed by atoms with Crippen molar-refractivity contribution in [3.8, 4) is 0 Å². The van der Waals surface area contributed by atoms with Gasteiger partial charge in [-0.2, -0.15) is 5.10 Å². The fraction of sp³-hybridized carbons (Fsp3) is 0.588. The van der Waals surface area contributed by atoms with Crippen LogP contribution in [0.1, 0.15) is 37.0 Å². The Labute approximate surface area is 146 Å². The Morgan fingerprint density at radius 3 is 2.88 bits per heavy atom. The molecule has 25 heavy (non-hydrogen) atoms. The van der Waals surface area contributed by atoms with Gasteiger partial charge in [-0.25, -0.2) is 9.67 Å². The molecule has 3 rings (SSSR count). The van der Waals surface area contributed by atoms with Crippen LogP contribution < -0.4 is 10.6 Å². The van der Waals surface area contributed by atoms with Gasteiger partial charge in [-0.05, 0) is 26.7 Å². The number of amides is 1. The Morgan fingerprint density at radius 2 is 2.20 bits per heavy atom. The number of nitrogens with one attached hydrogen (secondary N) is 2. The van der Waals surface area contributed by atoms with Gasteiger partial charge >= 0.3 is 0 Å². The zero-order valence-corrected chi connectivity index (χ0v) is 14.7. The molecule has 1 fully saturated rings. The van der Waals surface area contributed by atoms with Gasteiger partial charge in [0.2, 0.25) is 0 Å². The first-order valence-corrected chi connectivity index (χ1v) is 8.74.